The molecule has 0 heterocycles. The quantitative estimate of drug-likeness (QED) is 0.665. The topological polar surface area (TPSA) is 0 Å². The summed E-state index contributed by atoms with van der Waals surface area (Å²) in [5.41, 5.74) is 4.71. The SMILES string of the molecule is CCc1ccc(C(C)C)cc1C1CC1. The van der Waals surface area contributed by atoms with Gasteiger partial charge >= 0.3 is 0 Å². The van der Waals surface area contributed by atoms with Gasteiger partial charge in [-0.1, -0.05) is 39.0 Å². The Kier molecular flexibility index (Phi) is 2.62. The van der Waals surface area contributed by atoms with E-state index in [1.165, 1.54) is 24.8 Å². The van der Waals surface area contributed by atoms with Crippen LogP contribution in [0.1, 0.15) is 62.1 Å². The second kappa shape index (κ2) is 3.76. The standard InChI is InChI=1S/C14H20/c1-4-11-5-8-13(10(2)3)9-14(11)12-6-7-12/h5,8-10,12H,4,6-7H2,1-3H3. The summed E-state index contributed by atoms with van der Waals surface area (Å²) in [4.78, 5) is 0. The van der Waals surface area contributed by atoms with Gasteiger partial charge < -0.3 is 0 Å². The molecule has 1 aliphatic carbocycles. The second-order valence-electron chi connectivity index (χ2n) is 4.74. The Morgan fingerprint density at radius 1 is 1.29 bits per heavy atom. The summed E-state index contributed by atoms with van der Waals surface area (Å²) in [6.07, 6.45) is 4.01. The van der Waals surface area contributed by atoms with E-state index >= 15 is 0 Å². The van der Waals surface area contributed by atoms with E-state index in [4.69, 9.17) is 0 Å². The van der Waals surface area contributed by atoms with Crippen molar-refractivity contribution in [2.75, 3.05) is 0 Å². The summed E-state index contributed by atoms with van der Waals surface area (Å²) in [6, 6.07) is 7.08. The smallest absolute Gasteiger partial charge is 0.0159 e. The van der Waals surface area contributed by atoms with E-state index in [0.29, 0.717) is 5.92 Å². The van der Waals surface area contributed by atoms with Crippen molar-refractivity contribution in [2.24, 2.45) is 0 Å². The number of rotatable bonds is 3. The Morgan fingerprint density at radius 3 is 2.50 bits per heavy atom. The molecular formula is C14H20. The first-order valence-corrected chi connectivity index (χ1v) is 5.85. The van der Waals surface area contributed by atoms with Crippen molar-refractivity contribution in [3.63, 3.8) is 0 Å². The third-order valence-corrected chi connectivity index (χ3v) is 3.23. The van der Waals surface area contributed by atoms with Crippen LogP contribution in [-0.2, 0) is 6.42 Å². The highest BCUT2D eigenvalue weighted by Gasteiger charge is 2.25. The first-order valence-electron chi connectivity index (χ1n) is 5.85. The van der Waals surface area contributed by atoms with Gasteiger partial charge in [0.2, 0.25) is 0 Å². The fourth-order valence-electron chi connectivity index (χ4n) is 2.07. The Labute approximate surface area is 87.3 Å². The normalized spacial score (nSPS) is 16.3. The van der Waals surface area contributed by atoms with E-state index in [1.807, 2.05) is 0 Å². The van der Waals surface area contributed by atoms with Gasteiger partial charge in [-0.25, -0.2) is 0 Å². The van der Waals surface area contributed by atoms with Crippen LogP contribution in [0.5, 0.6) is 0 Å². The van der Waals surface area contributed by atoms with Gasteiger partial charge in [0, 0.05) is 0 Å². The molecule has 1 fully saturated rings. The Morgan fingerprint density at radius 2 is 2.00 bits per heavy atom. The first-order chi connectivity index (χ1) is 6.72. The highest BCUT2D eigenvalue weighted by Crippen LogP contribution is 2.42. The van der Waals surface area contributed by atoms with E-state index in [9.17, 15) is 0 Å². The van der Waals surface area contributed by atoms with Crippen LogP contribution in [0.3, 0.4) is 0 Å². The molecule has 1 aromatic rings. The van der Waals surface area contributed by atoms with E-state index < -0.39 is 0 Å². The Hall–Kier alpha value is -0.780. The number of benzene rings is 1. The zero-order valence-corrected chi connectivity index (χ0v) is 9.51. The molecule has 76 valence electrons. The van der Waals surface area contributed by atoms with Gasteiger partial charge in [-0.3, -0.25) is 0 Å². The predicted octanol–water partition coefficient (Wildman–Crippen LogP) is 4.25. The van der Waals surface area contributed by atoms with Crippen molar-refractivity contribution < 1.29 is 0 Å². The number of hydrogen-bond donors (Lipinski definition) is 0. The summed E-state index contributed by atoms with van der Waals surface area (Å²) in [6.45, 7) is 6.81. The molecule has 0 atom stereocenters. The Balaban J connectivity index is 2.36. The minimum absolute atomic E-state index is 0.665. The molecule has 0 radical (unpaired) electrons. The molecule has 14 heavy (non-hydrogen) atoms. The molecule has 0 spiro atoms. The number of aryl methyl sites for hydroxylation is 1. The van der Waals surface area contributed by atoms with Crippen molar-refractivity contribution >= 4 is 0 Å². The van der Waals surface area contributed by atoms with Gasteiger partial charge in [-0.05, 0) is 47.8 Å². The third kappa shape index (κ3) is 1.84. The summed E-state index contributed by atoms with van der Waals surface area (Å²) in [5, 5.41) is 0. The van der Waals surface area contributed by atoms with Crippen molar-refractivity contribution in [3.05, 3.63) is 34.9 Å². The predicted molar refractivity (Wildman–Crippen MR) is 61.9 cm³/mol. The molecule has 0 heteroatoms. The highest BCUT2D eigenvalue weighted by atomic mass is 14.3. The molecule has 0 aromatic heterocycles. The van der Waals surface area contributed by atoms with Crippen molar-refractivity contribution in [3.8, 4) is 0 Å². The maximum atomic E-state index is 2.45. The summed E-state index contributed by atoms with van der Waals surface area (Å²) < 4.78 is 0. The fourth-order valence-corrected chi connectivity index (χ4v) is 2.07. The van der Waals surface area contributed by atoms with Crippen LogP contribution < -0.4 is 0 Å². The molecule has 0 unspecified atom stereocenters. The van der Waals surface area contributed by atoms with Crippen LogP contribution in [0.15, 0.2) is 18.2 Å². The maximum Gasteiger partial charge on any atom is -0.0159 e. The average molecular weight is 188 g/mol. The third-order valence-electron chi connectivity index (χ3n) is 3.23. The lowest BCUT2D eigenvalue weighted by atomic mass is 9.94. The lowest BCUT2D eigenvalue weighted by molar-refractivity contribution is 0.857. The summed E-state index contributed by atoms with van der Waals surface area (Å²) in [7, 11) is 0. The molecule has 1 aromatic carbocycles. The van der Waals surface area contributed by atoms with Gasteiger partial charge in [0.25, 0.3) is 0 Å². The van der Waals surface area contributed by atoms with Crippen LogP contribution in [0.2, 0.25) is 0 Å². The van der Waals surface area contributed by atoms with Crippen LogP contribution in [-0.4, -0.2) is 0 Å². The van der Waals surface area contributed by atoms with E-state index in [1.54, 1.807) is 11.1 Å². The van der Waals surface area contributed by atoms with Gasteiger partial charge in [-0.2, -0.15) is 0 Å². The van der Waals surface area contributed by atoms with Gasteiger partial charge in [0.05, 0.1) is 0 Å². The molecule has 0 amide bonds. The minimum Gasteiger partial charge on any atom is -0.0613 e. The van der Waals surface area contributed by atoms with Gasteiger partial charge in [0.1, 0.15) is 0 Å². The molecule has 0 saturated heterocycles. The highest BCUT2D eigenvalue weighted by molar-refractivity contribution is 5.38. The van der Waals surface area contributed by atoms with Crippen LogP contribution in [0.25, 0.3) is 0 Å². The summed E-state index contributed by atoms with van der Waals surface area (Å²) >= 11 is 0. The van der Waals surface area contributed by atoms with Gasteiger partial charge in [-0.15, -0.1) is 0 Å². The van der Waals surface area contributed by atoms with E-state index in [-0.39, 0.29) is 0 Å². The van der Waals surface area contributed by atoms with Crippen molar-refractivity contribution in [1.29, 1.82) is 0 Å². The number of hydrogen-bond acceptors (Lipinski definition) is 0. The largest absolute Gasteiger partial charge is 0.0613 e. The lowest BCUT2D eigenvalue weighted by Gasteiger charge is -2.11. The molecule has 0 nitrogen and oxygen atoms in total. The average Bonchev–Trinajstić information content (AvgIpc) is 3.00. The zero-order valence-electron chi connectivity index (χ0n) is 9.51. The van der Waals surface area contributed by atoms with Gasteiger partial charge in [0.15, 0.2) is 0 Å². The first kappa shape index (κ1) is 9.76. The molecule has 1 saturated carbocycles. The summed E-state index contributed by atoms with van der Waals surface area (Å²) in [5.74, 6) is 1.56. The lowest BCUT2D eigenvalue weighted by Crippen LogP contribution is -1.95. The van der Waals surface area contributed by atoms with E-state index in [0.717, 1.165) is 5.92 Å². The molecule has 1 aliphatic rings. The van der Waals surface area contributed by atoms with Crippen LogP contribution in [0.4, 0.5) is 0 Å². The maximum absolute atomic E-state index is 2.45. The van der Waals surface area contributed by atoms with Crippen LogP contribution >= 0.6 is 0 Å². The molecule has 0 bridgehead atoms. The molecule has 0 aliphatic heterocycles. The van der Waals surface area contributed by atoms with Crippen LogP contribution in [0, 0.1) is 0 Å². The molecular weight excluding hydrogens is 168 g/mol. The zero-order chi connectivity index (χ0) is 10.1. The minimum atomic E-state index is 0.665. The fraction of sp³-hybridized carbons (Fsp3) is 0.571. The second-order valence-corrected chi connectivity index (χ2v) is 4.74. The van der Waals surface area contributed by atoms with Crippen molar-refractivity contribution in [2.45, 2.75) is 51.9 Å². The molecule has 0 N–H and O–H groups in total. The van der Waals surface area contributed by atoms with E-state index in [2.05, 4.69) is 39.0 Å². The van der Waals surface area contributed by atoms with Crippen molar-refractivity contribution in [1.82, 2.24) is 0 Å². The molecule has 2 rings (SSSR count). The monoisotopic (exact) mass is 188 g/mol. The Bertz CT molecular complexity index is 319.